The van der Waals surface area contributed by atoms with Gasteiger partial charge in [-0.05, 0) is 24.3 Å². The van der Waals surface area contributed by atoms with Gasteiger partial charge in [0.15, 0.2) is 0 Å². The topological polar surface area (TPSA) is 55.1 Å². The molecule has 0 radical (unpaired) electrons. The molecule has 1 amide bonds. The lowest BCUT2D eigenvalue weighted by Gasteiger charge is -2.22. The van der Waals surface area contributed by atoms with E-state index in [9.17, 15) is 4.79 Å². The molecule has 1 aliphatic carbocycles. The number of amides is 1. The van der Waals surface area contributed by atoms with E-state index in [1.165, 1.54) is 19.3 Å². The summed E-state index contributed by atoms with van der Waals surface area (Å²) in [5.74, 6) is 0.106. The van der Waals surface area contributed by atoms with Gasteiger partial charge in [-0.25, -0.2) is 0 Å². The second-order valence-corrected chi connectivity index (χ2v) is 5.76. The summed E-state index contributed by atoms with van der Waals surface area (Å²) in [6.07, 6.45) is 6.16. The molecule has 1 aromatic rings. The van der Waals surface area contributed by atoms with Gasteiger partial charge >= 0.3 is 0 Å². The van der Waals surface area contributed by atoms with Gasteiger partial charge in [-0.1, -0.05) is 25.3 Å². The van der Waals surface area contributed by atoms with Gasteiger partial charge in [-0.2, -0.15) is 0 Å². The molecule has 0 saturated heterocycles. The van der Waals surface area contributed by atoms with E-state index in [1.807, 2.05) is 17.5 Å². The summed E-state index contributed by atoms with van der Waals surface area (Å²) >= 11 is 1.63. The Kier molecular flexibility index (Phi) is 4.57. The molecule has 3 N–H and O–H groups in total. The quantitative estimate of drug-likeness (QED) is 0.809. The van der Waals surface area contributed by atoms with Crippen molar-refractivity contribution in [3.63, 3.8) is 0 Å². The smallest absolute Gasteiger partial charge is 0.225 e. The molecule has 1 aliphatic rings. The molecule has 0 spiro atoms. The Morgan fingerprint density at radius 1 is 1.41 bits per heavy atom. The Hall–Kier alpha value is -0.870. The van der Waals surface area contributed by atoms with Gasteiger partial charge in [0, 0.05) is 17.0 Å². The van der Waals surface area contributed by atoms with Crippen molar-refractivity contribution in [3.05, 3.63) is 22.4 Å². The van der Waals surface area contributed by atoms with Crippen LogP contribution in [0.25, 0.3) is 0 Å². The molecule has 17 heavy (non-hydrogen) atoms. The average Bonchev–Trinajstić information content (AvgIpc) is 2.71. The number of nitrogens with one attached hydrogen (secondary N) is 1. The van der Waals surface area contributed by atoms with Gasteiger partial charge in [0.2, 0.25) is 5.91 Å². The normalized spacial score (nSPS) is 25.2. The standard InChI is InChI=1S/C13H20N2OS/c14-11-6-2-1-3-7-12(11)15-13(16)9-10-5-4-8-17-10/h4-5,8,11-12H,1-3,6-7,9,14H2,(H,15,16). The fraction of sp³-hybridized carbons (Fsp3) is 0.615. The number of carbonyl (C=O) groups excluding carboxylic acids is 1. The highest BCUT2D eigenvalue weighted by molar-refractivity contribution is 7.10. The van der Waals surface area contributed by atoms with Crippen molar-refractivity contribution < 1.29 is 4.79 Å². The van der Waals surface area contributed by atoms with Gasteiger partial charge in [0.25, 0.3) is 0 Å². The molecule has 1 fully saturated rings. The molecular formula is C13H20N2OS. The molecule has 0 aromatic carbocycles. The van der Waals surface area contributed by atoms with E-state index >= 15 is 0 Å². The molecule has 0 aliphatic heterocycles. The highest BCUT2D eigenvalue weighted by atomic mass is 32.1. The van der Waals surface area contributed by atoms with E-state index in [0.29, 0.717) is 6.42 Å². The third kappa shape index (κ3) is 3.82. The van der Waals surface area contributed by atoms with Gasteiger partial charge in [-0.3, -0.25) is 4.79 Å². The number of rotatable bonds is 3. The van der Waals surface area contributed by atoms with Gasteiger partial charge in [-0.15, -0.1) is 11.3 Å². The molecule has 0 bridgehead atoms. The van der Waals surface area contributed by atoms with E-state index < -0.39 is 0 Å². The summed E-state index contributed by atoms with van der Waals surface area (Å²) in [4.78, 5) is 13.0. The Bertz CT molecular complexity index is 350. The number of hydrogen-bond acceptors (Lipinski definition) is 3. The fourth-order valence-corrected chi connectivity index (χ4v) is 3.05. The van der Waals surface area contributed by atoms with Gasteiger partial charge in [0.05, 0.1) is 6.42 Å². The second kappa shape index (κ2) is 6.17. The van der Waals surface area contributed by atoms with E-state index in [4.69, 9.17) is 5.73 Å². The summed E-state index contributed by atoms with van der Waals surface area (Å²) in [6.45, 7) is 0. The fourth-order valence-electron chi connectivity index (χ4n) is 2.34. The lowest BCUT2D eigenvalue weighted by atomic mass is 10.0. The van der Waals surface area contributed by atoms with E-state index in [1.54, 1.807) is 11.3 Å². The third-order valence-electron chi connectivity index (χ3n) is 3.33. The molecule has 2 unspecified atom stereocenters. The first-order valence-electron chi connectivity index (χ1n) is 6.33. The van der Waals surface area contributed by atoms with Gasteiger partial charge in [0.1, 0.15) is 0 Å². The van der Waals surface area contributed by atoms with Crippen LogP contribution in [-0.2, 0) is 11.2 Å². The molecular weight excluding hydrogens is 232 g/mol. The number of hydrogen-bond donors (Lipinski definition) is 2. The Labute approximate surface area is 106 Å². The first-order chi connectivity index (χ1) is 8.25. The number of thiophene rings is 1. The maximum Gasteiger partial charge on any atom is 0.225 e. The summed E-state index contributed by atoms with van der Waals surface area (Å²) in [5.41, 5.74) is 6.09. The number of carbonyl (C=O) groups is 1. The molecule has 2 atom stereocenters. The number of nitrogens with two attached hydrogens (primary N) is 1. The predicted octanol–water partition coefficient (Wildman–Crippen LogP) is 2.07. The summed E-state index contributed by atoms with van der Waals surface area (Å²) < 4.78 is 0. The zero-order valence-corrected chi connectivity index (χ0v) is 10.8. The highest BCUT2D eigenvalue weighted by Gasteiger charge is 2.21. The van der Waals surface area contributed by atoms with Crippen LogP contribution in [0.4, 0.5) is 0 Å². The first kappa shape index (κ1) is 12.6. The molecule has 94 valence electrons. The second-order valence-electron chi connectivity index (χ2n) is 4.73. The summed E-state index contributed by atoms with van der Waals surface area (Å²) in [5, 5.41) is 5.09. The lowest BCUT2D eigenvalue weighted by molar-refractivity contribution is -0.121. The van der Waals surface area contributed by atoms with Crippen molar-refractivity contribution in [1.29, 1.82) is 0 Å². The minimum Gasteiger partial charge on any atom is -0.351 e. The van der Waals surface area contributed by atoms with Crippen LogP contribution in [0.15, 0.2) is 17.5 Å². The lowest BCUT2D eigenvalue weighted by Crippen LogP contribution is -2.47. The molecule has 2 rings (SSSR count). The van der Waals surface area contributed by atoms with Crippen molar-refractivity contribution in [2.75, 3.05) is 0 Å². The Balaban J connectivity index is 1.84. The van der Waals surface area contributed by atoms with E-state index in [0.717, 1.165) is 17.7 Å². The van der Waals surface area contributed by atoms with Crippen molar-refractivity contribution >= 4 is 17.2 Å². The van der Waals surface area contributed by atoms with Crippen LogP contribution in [0.1, 0.15) is 37.0 Å². The van der Waals surface area contributed by atoms with Crippen molar-refractivity contribution in [2.24, 2.45) is 5.73 Å². The van der Waals surface area contributed by atoms with Crippen LogP contribution in [0.5, 0.6) is 0 Å². The molecule has 4 heteroatoms. The molecule has 1 saturated carbocycles. The predicted molar refractivity (Wildman–Crippen MR) is 71.0 cm³/mol. The Morgan fingerprint density at radius 2 is 2.24 bits per heavy atom. The van der Waals surface area contributed by atoms with Crippen LogP contribution in [0.2, 0.25) is 0 Å². The Morgan fingerprint density at radius 3 is 3.00 bits per heavy atom. The van der Waals surface area contributed by atoms with Crippen molar-refractivity contribution in [2.45, 2.75) is 50.6 Å². The third-order valence-corrected chi connectivity index (χ3v) is 4.21. The van der Waals surface area contributed by atoms with Crippen molar-refractivity contribution in [1.82, 2.24) is 5.32 Å². The zero-order valence-electron chi connectivity index (χ0n) is 10.0. The molecule has 3 nitrogen and oxygen atoms in total. The SMILES string of the molecule is NC1CCCCCC1NC(=O)Cc1cccs1. The van der Waals surface area contributed by atoms with Crippen LogP contribution in [-0.4, -0.2) is 18.0 Å². The zero-order chi connectivity index (χ0) is 12.1. The van der Waals surface area contributed by atoms with Crippen LogP contribution >= 0.6 is 11.3 Å². The largest absolute Gasteiger partial charge is 0.351 e. The van der Waals surface area contributed by atoms with E-state index in [-0.39, 0.29) is 18.0 Å². The molecule has 1 heterocycles. The maximum absolute atomic E-state index is 11.9. The van der Waals surface area contributed by atoms with Gasteiger partial charge < -0.3 is 11.1 Å². The molecule has 1 aromatic heterocycles. The van der Waals surface area contributed by atoms with E-state index in [2.05, 4.69) is 5.32 Å². The van der Waals surface area contributed by atoms with Crippen LogP contribution in [0.3, 0.4) is 0 Å². The van der Waals surface area contributed by atoms with Crippen LogP contribution < -0.4 is 11.1 Å². The van der Waals surface area contributed by atoms with Crippen LogP contribution in [0, 0.1) is 0 Å². The summed E-state index contributed by atoms with van der Waals surface area (Å²) in [7, 11) is 0. The highest BCUT2D eigenvalue weighted by Crippen LogP contribution is 2.17. The maximum atomic E-state index is 11.9. The monoisotopic (exact) mass is 252 g/mol. The summed E-state index contributed by atoms with van der Waals surface area (Å²) in [6, 6.07) is 4.27. The minimum absolute atomic E-state index is 0.106. The average molecular weight is 252 g/mol. The van der Waals surface area contributed by atoms with Crippen molar-refractivity contribution in [3.8, 4) is 0 Å². The first-order valence-corrected chi connectivity index (χ1v) is 7.21. The minimum atomic E-state index is 0.106.